The van der Waals surface area contributed by atoms with Crippen LogP contribution in [0.25, 0.3) is 0 Å². The number of hydrogen-bond donors (Lipinski definition) is 1. The first-order valence-electron chi connectivity index (χ1n) is 6.49. The topological polar surface area (TPSA) is 85.9 Å². The molecule has 5 nitrogen and oxygen atoms in total. The molecule has 0 saturated carbocycles. The molecule has 21 heavy (non-hydrogen) atoms. The van der Waals surface area contributed by atoms with Crippen LogP contribution in [0.2, 0.25) is 0 Å². The van der Waals surface area contributed by atoms with Gasteiger partial charge >= 0.3 is 0 Å². The number of nitrogens with zero attached hydrogens (tertiary/aromatic N) is 2. The Kier molecular flexibility index (Phi) is 4.84. The first-order valence-corrected chi connectivity index (χ1v) is 9.20. The van der Waals surface area contributed by atoms with Crippen LogP contribution in [0.3, 0.4) is 0 Å². The quantitative estimate of drug-likeness (QED) is 0.851. The molecule has 0 bridgehead atoms. The van der Waals surface area contributed by atoms with Crippen molar-refractivity contribution in [3.63, 3.8) is 0 Å². The molecule has 0 spiro atoms. The average Bonchev–Trinajstić information content (AvgIpc) is 2.42. The SMILES string of the molecule is CCCc1c(N)ncnc1Sc1ccc(S(C)(=O)=O)cc1. The van der Waals surface area contributed by atoms with E-state index in [4.69, 9.17) is 5.73 Å². The maximum absolute atomic E-state index is 11.4. The van der Waals surface area contributed by atoms with Crippen molar-refractivity contribution in [3.8, 4) is 0 Å². The molecule has 0 radical (unpaired) electrons. The van der Waals surface area contributed by atoms with Gasteiger partial charge in [0.2, 0.25) is 0 Å². The first-order chi connectivity index (χ1) is 9.91. The van der Waals surface area contributed by atoms with Gasteiger partial charge in [-0.3, -0.25) is 0 Å². The van der Waals surface area contributed by atoms with Crippen LogP contribution < -0.4 is 5.73 Å². The van der Waals surface area contributed by atoms with Crippen molar-refractivity contribution in [2.24, 2.45) is 0 Å². The van der Waals surface area contributed by atoms with Gasteiger partial charge < -0.3 is 5.73 Å². The zero-order valence-electron chi connectivity index (χ0n) is 11.9. The molecule has 0 amide bonds. The van der Waals surface area contributed by atoms with Crippen molar-refractivity contribution in [2.75, 3.05) is 12.0 Å². The van der Waals surface area contributed by atoms with Gasteiger partial charge in [0.05, 0.1) is 4.90 Å². The van der Waals surface area contributed by atoms with Crippen LogP contribution in [0, 0.1) is 0 Å². The maximum Gasteiger partial charge on any atom is 0.175 e. The molecule has 2 aromatic rings. The molecule has 2 N–H and O–H groups in total. The third-order valence-corrected chi connectivity index (χ3v) is 5.09. The highest BCUT2D eigenvalue weighted by Gasteiger charge is 2.11. The fourth-order valence-electron chi connectivity index (χ4n) is 1.85. The summed E-state index contributed by atoms with van der Waals surface area (Å²) < 4.78 is 22.9. The molecule has 1 aromatic heterocycles. The van der Waals surface area contributed by atoms with E-state index in [-0.39, 0.29) is 0 Å². The van der Waals surface area contributed by atoms with Gasteiger partial charge in [0.1, 0.15) is 17.2 Å². The summed E-state index contributed by atoms with van der Waals surface area (Å²) in [4.78, 5) is 9.52. The van der Waals surface area contributed by atoms with Gasteiger partial charge in [-0.05, 0) is 30.7 Å². The van der Waals surface area contributed by atoms with Crippen LogP contribution in [0.5, 0.6) is 0 Å². The van der Waals surface area contributed by atoms with Gasteiger partial charge in [0.25, 0.3) is 0 Å². The number of benzene rings is 1. The third kappa shape index (κ3) is 3.95. The Hall–Kier alpha value is -1.60. The molecular formula is C14H17N3O2S2. The van der Waals surface area contributed by atoms with E-state index in [0.29, 0.717) is 10.7 Å². The van der Waals surface area contributed by atoms with Crippen LogP contribution in [-0.4, -0.2) is 24.6 Å². The molecule has 0 atom stereocenters. The summed E-state index contributed by atoms with van der Waals surface area (Å²) in [5, 5.41) is 0.816. The van der Waals surface area contributed by atoms with Gasteiger partial charge in [-0.1, -0.05) is 25.1 Å². The Labute approximate surface area is 128 Å². The number of anilines is 1. The van der Waals surface area contributed by atoms with E-state index < -0.39 is 9.84 Å². The van der Waals surface area contributed by atoms with Gasteiger partial charge in [-0.15, -0.1) is 0 Å². The monoisotopic (exact) mass is 323 g/mol. The summed E-state index contributed by atoms with van der Waals surface area (Å²) in [6.07, 6.45) is 4.41. The second-order valence-corrected chi connectivity index (χ2v) is 7.72. The van der Waals surface area contributed by atoms with E-state index in [9.17, 15) is 8.42 Å². The number of nitrogens with two attached hydrogens (primary N) is 1. The molecular weight excluding hydrogens is 306 g/mol. The third-order valence-electron chi connectivity index (χ3n) is 2.91. The standard InChI is InChI=1S/C14H17N3O2S2/c1-3-4-12-13(15)16-9-17-14(12)20-10-5-7-11(8-6-10)21(2,18)19/h5-9H,3-4H2,1-2H3,(H2,15,16,17). The summed E-state index contributed by atoms with van der Waals surface area (Å²) in [6.45, 7) is 2.07. The van der Waals surface area contributed by atoms with Crippen molar-refractivity contribution >= 4 is 27.4 Å². The Morgan fingerprint density at radius 2 is 1.86 bits per heavy atom. The molecule has 0 unspecified atom stereocenters. The molecule has 0 aliphatic carbocycles. The Morgan fingerprint density at radius 3 is 2.43 bits per heavy atom. The van der Waals surface area contributed by atoms with E-state index in [1.54, 1.807) is 24.3 Å². The molecule has 112 valence electrons. The van der Waals surface area contributed by atoms with Gasteiger partial charge in [0.15, 0.2) is 9.84 Å². The number of nitrogen functional groups attached to an aromatic ring is 1. The molecule has 0 aliphatic heterocycles. The maximum atomic E-state index is 11.4. The van der Waals surface area contributed by atoms with Gasteiger partial charge in [-0.25, -0.2) is 18.4 Å². The lowest BCUT2D eigenvalue weighted by Gasteiger charge is -2.09. The zero-order chi connectivity index (χ0) is 15.5. The molecule has 7 heteroatoms. The normalized spacial score (nSPS) is 11.5. The summed E-state index contributed by atoms with van der Waals surface area (Å²) in [6, 6.07) is 6.74. The van der Waals surface area contributed by atoms with Crippen LogP contribution in [0.4, 0.5) is 5.82 Å². The summed E-state index contributed by atoms with van der Waals surface area (Å²) in [7, 11) is -3.17. The van der Waals surface area contributed by atoms with Crippen molar-refractivity contribution < 1.29 is 8.42 Å². The fraction of sp³-hybridized carbons (Fsp3) is 0.286. The van der Waals surface area contributed by atoms with Gasteiger partial charge in [0, 0.05) is 16.7 Å². The number of hydrogen-bond acceptors (Lipinski definition) is 6. The predicted octanol–water partition coefficient (Wildman–Crippen LogP) is 2.57. The van der Waals surface area contributed by atoms with E-state index >= 15 is 0 Å². The minimum atomic E-state index is -3.17. The Bertz CT molecular complexity index is 728. The second-order valence-electron chi connectivity index (χ2n) is 4.64. The molecule has 0 fully saturated rings. The van der Waals surface area contributed by atoms with E-state index in [1.165, 1.54) is 24.3 Å². The lowest BCUT2D eigenvalue weighted by atomic mass is 10.2. The fourth-order valence-corrected chi connectivity index (χ4v) is 3.40. The lowest BCUT2D eigenvalue weighted by Crippen LogP contribution is -2.01. The number of aromatic nitrogens is 2. The Morgan fingerprint density at radius 1 is 1.19 bits per heavy atom. The van der Waals surface area contributed by atoms with Crippen LogP contribution in [0.15, 0.2) is 45.4 Å². The van der Waals surface area contributed by atoms with Crippen molar-refractivity contribution in [1.29, 1.82) is 0 Å². The molecule has 1 heterocycles. The van der Waals surface area contributed by atoms with E-state index in [1.807, 2.05) is 0 Å². The highest BCUT2D eigenvalue weighted by molar-refractivity contribution is 7.99. The smallest absolute Gasteiger partial charge is 0.175 e. The summed E-state index contributed by atoms with van der Waals surface area (Å²) in [5.41, 5.74) is 6.84. The van der Waals surface area contributed by atoms with Crippen LogP contribution in [-0.2, 0) is 16.3 Å². The molecule has 2 rings (SSSR count). The Balaban J connectivity index is 2.28. The first kappa shape index (κ1) is 15.8. The predicted molar refractivity (Wildman–Crippen MR) is 84.1 cm³/mol. The minimum absolute atomic E-state index is 0.308. The zero-order valence-corrected chi connectivity index (χ0v) is 13.5. The summed E-state index contributed by atoms with van der Waals surface area (Å²) in [5.74, 6) is 0.502. The van der Waals surface area contributed by atoms with Crippen molar-refractivity contribution in [3.05, 3.63) is 36.2 Å². The average molecular weight is 323 g/mol. The minimum Gasteiger partial charge on any atom is -0.383 e. The second kappa shape index (κ2) is 6.44. The van der Waals surface area contributed by atoms with Crippen molar-refractivity contribution in [2.45, 2.75) is 34.6 Å². The summed E-state index contributed by atoms with van der Waals surface area (Å²) >= 11 is 1.46. The highest BCUT2D eigenvalue weighted by atomic mass is 32.2. The molecule has 0 aliphatic rings. The highest BCUT2D eigenvalue weighted by Crippen LogP contribution is 2.31. The molecule has 1 aromatic carbocycles. The van der Waals surface area contributed by atoms with Crippen LogP contribution >= 0.6 is 11.8 Å². The van der Waals surface area contributed by atoms with Crippen molar-refractivity contribution in [1.82, 2.24) is 9.97 Å². The number of rotatable bonds is 5. The molecule has 0 saturated heterocycles. The lowest BCUT2D eigenvalue weighted by molar-refractivity contribution is 0.602. The largest absolute Gasteiger partial charge is 0.383 e. The van der Waals surface area contributed by atoms with Crippen LogP contribution in [0.1, 0.15) is 18.9 Å². The van der Waals surface area contributed by atoms with E-state index in [0.717, 1.165) is 28.3 Å². The number of sulfone groups is 1. The van der Waals surface area contributed by atoms with E-state index in [2.05, 4.69) is 16.9 Å². The van der Waals surface area contributed by atoms with Gasteiger partial charge in [-0.2, -0.15) is 0 Å².